The number of carbonyl (C=O) groups excluding carboxylic acids is 3. The van der Waals surface area contributed by atoms with Crippen molar-refractivity contribution in [2.75, 3.05) is 27.0 Å². The van der Waals surface area contributed by atoms with Crippen molar-refractivity contribution in [3.63, 3.8) is 0 Å². The summed E-state index contributed by atoms with van der Waals surface area (Å²) in [6.45, 7) is 0.0103. The number of benzene rings is 2. The molecule has 1 aliphatic carbocycles. The molecule has 0 saturated heterocycles. The van der Waals surface area contributed by atoms with Gasteiger partial charge in [0.2, 0.25) is 15.9 Å². The van der Waals surface area contributed by atoms with Gasteiger partial charge in [-0.3, -0.25) is 19.1 Å². The van der Waals surface area contributed by atoms with E-state index in [9.17, 15) is 22.8 Å². The van der Waals surface area contributed by atoms with Gasteiger partial charge in [0.15, 0.2) is 0 Å². The molecule has 10 nitrogen and oxygen atoms in total. The van der Waals surface area contributed by atoms with E-state index in [1.165, 1.54) is 14.2 Å². The van der Waals surface area contributed by atoms with Gasteiger partial charge in [-0.15, -0.1) is 0 Å². The SMILES string of the molecule is CON(C)C(=O)[C@H](CC(=O)NS(C)(=O)=O)NC(=O)OCC1c2ccccc2-c2ccccc21. The summed E-state index contributed by atoms with van der Waals surface area (Å²) in [5.74, 6) is -1.90. The molecule has 0 aliphatic heterocycles. The average Bonchev–Trinajstić information content (AvgIpc) is 3.08. The number of ether oxygens (including phenoxy) is 1. The lowest BCUT2D eigenvalue weighted by atomic mass is 9.98. The third-order valence-electron chi connectivity index (χ3n) is 5.21. The molecule has 0 aromatic heterocycles. The van der Waals surface area contributed by atoms with Crippen molar-refractivity contribution < 1.29 is 32.4 Å². The minimum Gasteiger partial charge on any atom is -0.449 e. The van der Waals surface area contributed by atoms with Crippen LogP contribution in [-0.2, 0) is 29.2 Å². The molecule has 33 heavy (non-hydrogen) atoms. The molecule has 0 heterocycles. The zero-order chi connectivity index (χ0) is 24.2. The highest BCUT2D eigenvalue weighted by Gasteiger charge is 2.31. The van der Waals surface area contributed by atoms with Crippen LogP contribution in [0.2, 0.25) is 0 Å². The van der Waals surface area contributed by atoms with E-state index in [1.807, 2.05) is 48.5 Å². The van der Waals surface area contributed by atoms with Crippen LogP contribution in [0.15, 0.2) is 48.5 Å². The first-order chi connectivity index (χ1) is 15.6. The van der Waals surface area contributed by atoms with Crippen molar-refractivity contribution in [2.24, 2.45) is 0 Å². The first-order valence-corrected chi connectivity index (χ1v) is 11.9. The zero-order valence-corrected chi connectivity index (χ0v) is 19.2. The Labute approximate surface area is 191 Å². The summed E-state index contributed by atoms with van der Waals surface area (Å²) < 4.78 is 29.8. The molecule has 2 N–H and O–H groups in total. The number of nitrogens with zero attached hydrogens (tertiary/aromatic N) is 1. The van der Waals surface area contributed by atoms with Crippen LogP contribution in [-0.4, -0.2) is 64.5 Å². The van der Waals surface area contributed by atoms with Crippen molar-refractivity contribution in [3.05, 3.63) is 59.7 Å². The quantitative estimate of drug-likeness (QED) is 0.552. The third kappa shape index (κ3) is 5.88. The highest BCUT2D eigenvalue weighted by Crippen LogP contribution is 2.44. The Balaban J connectivity index is 1.70. The highest BCUT2D eigenvalue weighted by atomic mass is 32.2. The summed E-state index contributed by atoms with van der Waals surface area (Å²) >= 11 is 0. The van der Waals surface area contributed by atoms with Gasteiger partial charge in [-0.1, -0.05) is 48.5 Å². The molecule has 1 atom stereocenters. The number of nitrogens with one attached hydrogen (secondary N) is 2. The molecule has 0 bridgehead atoms. The smallest absolute Gasteiger partial charge is 0.407 e. The standard InChI is InChI=1S/C22H25N3O7S/c1-25(31-2)21(27)19(12-20(26)24-33(3,29)30)23-22(28)32-13-18-16-10-6-4-8-14(16)15-9-5-7-11-17(15)18/h4-11,18-19H,12-13H2,1-3H3,(H,23,28)(H,24,26)/t19-/m0/s1. The van der Waals surface area contributed by atoms with Gasteiger partial charge in [0, 0.05) is 13.0 Å². The summed E-state index contributed by atoms with van der Waals surface area (Å²) in [7, 11) is -1.30. The molecule has 3 rings (SSSR count). The van der Waals surface area contributed by atoms with Crippen LogP contribution in [0.4, 0.5) is 4.79 Å². The Morgan fingerprint density at radius 1 is 1.03 bits per heavy atom. The van der Waals surface area contributed by atoms with Crippen LogP contribution in [0.1, 0.15) is 23.5 Å². The van der Waals surface area contributed by atoms with Crippen molar-refractivity contribution in [2.45, 2.75) is 18.4 Å². The Morgan fingerprint density at radius 3 is 2.09 bits per heavy atom. The second-order valence-electron chi connectivity index (χ2n) is 7.54. The molecule has 1 aliphatic rings. The summed E-state index contributed by atoms with van der Waals surface area (Å²) in [5, 5.41) is 3.15. The summed E-state index contributed by atoms with van der Waals surface area (Å²) in [6.07, 6.45) is -0.738. The molecule has 0 fully saturated rings. The molecular weight excluding hydrogens is 450 g/mol. The van der Waals surface area contributed by atoms with Crippen molar-refractivity contribution in [3.8, 4) is 11.1 Å². The lowest BCUT2D eigenvalue weighted by Crippen LogP contribution is -2.50. The van der Waals surface area contributed by atoms with Gasteiger partial charge in [0.25, 0.3) is 5.91 Å². The number of hydrogen-bond donors (Lipinski definition) is 2. The van der Waals surface area contributed by atoms with E-state index in [1.54, 1.807) is 4.72 Å². The number of fused-ring (bicyclic) bond motifs is 3. The minimum atomic E-state index is -3.83. The second-order valence-corrected chi connectivity index (χ2v) is 9.29. The van der Waals surface area contributed by atoms with Crippen molar-refractivity contribution in [1.82, 2.24) is 15.1 Å². The van der Waals surface area contributed by atoms with Gasteiger partial charge in [-0.25, -0.2) is 18.3 Å². The minimum absolute atomic E-state index is 0.0103. The zero-order valence-electron chi connectivity index (χ0n) is 18.4. The molecule has 0 radical (unpaired) electrons. The number of rotatable bonds is 8. The van der Waals surface area contributed by atoms with E-state index >= 15 is 0 Å². The lowest BCUT2D eigenvalue weighted by Gasteiger charge is -2.22. The summed E-state index contributed by atoms with van der Waals surface area (Å²) in [6, 6.07) is 14.3. The fourth-order valence-corrected chi connectivity index (χ4v) is 4.22. The molecule has 0 unspecified atom stereocenters. The number of amides is 3. The predicted octanol–water partition coefficient (Wildman–Crippen LogP) is 1.38. The van der Waals surface area contributed by atoms with Crippen LogP contribution in [0.3, 0.4) is 0 Å². The third-order valence-corrected chi connectivity index (χ3v) is 5.81. The second kappa shape index (κ2) is 10.0. The van der Waals surface area contributed by atoms with Gasteiger partial charge in [-0.2, -0.15) is 0 Å². The number of sulfonamides is 1. The molecule has 11 heteroatoms. The lowest BCUT2D eigenvalue weighted by molar-refractivity contribution is -0.171. The van der Waals surface area contributed by atoms with Crippen LogP contribution in [0, 0.1) is 0 Å². The van der Waals surface area contributed by atoms with Crippen molar-refractivity contribution in [1.29, 1.82) is 0 Å². The number of hydrogen-bond acceptors (Lipinski definition) is 7. The normalized spacial score (nSPS) is 13.4. The van der Waals surface area contributed by atoms with Crippen LogP contribution < -0.4 is 10.0 Å². The number of likely N-dealkylation sites (N-methyl/N-ethyl adjacent to an activating group) is 1. The predicted molar refractivity (Wildman–Crippen MR) is 119 cm³/mol. The van der Waals surface area contributed by atoms with E-state index in [0.29, 0.717) is 0 Å². The Bertz CT molecular complexity index is 1120. The molecular formula is C22H25N3O7S. The van der Waals surface area contributed by atoms with Gasteiger partial charge in [0.1, 0.15) is 12.6 Å². The molecule has 2 aromatic carbocycles. The summed E-state index contributed by atoms with van der Waals surface area (Å²) in [4.78, 5) is 41.9. The van der Waals surface area contributed by atoms with Crippen LogP contribution in [0.5, 0.6) is 0 Å². The first-order valence-electron chi connectivity index (χ1n) is 10.0. The first kappa shape index (κ1) is 24.2. The molecule has 3 amide bonds. The van der Waals surface area contributed by atoms with Gasteiger partial charge >= 0.3 is 6.09 Å². The van der Waals surface area contributed by atoms with Crippen LogP contribution >= 0.6 is 0 Å². The van der Waals surface area contributed by atoms with E-state index in [0.717, 1.165) is 33.6 Å². The fourth-order valence-electron chi connectivity index (χ4n) is 3.73. The molecule has 176 valence electrons. The van der Waals surface area contributed by atoms with Crippen molar-refractivity contribution >= 4 is 27.9 Å². The number of carbonyl (C=O) groups is 3. The van der Waals surface area contributed by atoms with E-state index in [4.69, 9.17) is 9.57 Å². The average molecular weight is 476 g/mol. The fraction of sp³-hybridized carbons (Fsp3) is 0.318. The number of alkyl carbamates (subject to hydrolysis) is 1. The highest BCUT2D eigenvalue weighted by molar-refractivity contribution is 7.89. The largest absolute Gasteiger partial charge is 0.449 e. The van der Waals surface area contributed by atoms with Crippen LogP contribution in [0.25, 0.3) is 11.1 Å². The Hall–Kier alpha value is -3.44. The van der Waals surface area contributed by atoms with E-state index < -0.39 is 40.4 Å². The van der Waals surface area contributed by atoms with Gasteiger partial charge < -0.3 is 10.1 Å². The topological polar surface area (TPSA) is 131 Å². The molecule has 2 aromatic rings. The Morgan fingerprint density at radius 2 is 1.58 bits per heavy atom. The maximum atomic E-state index is 12.5. The molecule has 0 saturated carbocycles. The Kier molecular flexibility index (Phi) is 7.34. The maximum Gasteiger partial charge on any atom is 0.407 e. The maximum absolute atomic E-state index is 12.5. The van der Waals surface area contributed by atoms with Gasteiger partial charge in [0.05, 0.1) is 19.8 Å². The molecule has 0 spiro atoms. The summed E-state index contributed by atoms with van der Waals surface area (Å²) in [5.41, 5.74) is 4.17. The van der Waals surface area contributed by atoms with E-state index in [2.05, 4.69) is 5.32 Å². The number of hydroxylamine groups is 2. The van der Waals surface area contributed by atoms with Gasteiger partial charge in [-0.05, 0) is 22.3 Å². The monoisotopic (exact) mass is 475 g/mol. The van der Waals surface area contributed by atoms with E-state index in [-0.39, 0.29) is 12.5 Å².